The maximum absolute atomic E-state index is 13.6. The third-order valence-corrected chi connectivity index (χ3v) is 8.50. The molecule has 0 saturated heterocycles. The Morgan fingerprint density at radius 2 is 1.77 bits per heavy atom. The fraction of sp³-hybridized carbons (Fsp3) is 0.370. The molecule has 1 aliphatic carbocycles. The van der Waals surface area contributed by atoms with Gasteiger partial charge in [0.1, 0.15) is 10.6 Å². The lowest BCUT2D eigenvalue weighted by Gasteiger charge is -2.37. The van der Waals surface area contributed by atoms with Crippen molar-refractivity contribution in [2.75, 3.05) is 0 Å². The van der Waals surface area contributed by atoms with Gasteiger partial charge in [-0.15, -0.1) is 11.3 Å². The van der Waals surface area contributed by atoms with E-state index in [-0.39, 0.29) is 22.7 Å². The number of pyridine rings is 2. The molecule has 1 aliphatic rings. The quantitative estimate of drug-likeness (QED) is 0.299. The molecule has 0 aromatic carbocycles. The van der Waals surface area contributed by atoms with E-state index in [4.69, 9.17) is 11.6 Å². The lowest BCUT2D eigenvalue weighted by atomic mass is 9.69. The third-order valence-electron chi connectivity index (χ3n) is 6.95. The fourth-order valence-electron chi connectivity index (χ4n) is 4.80. The Morgan fingerprint density at radius 3 is 2.38 bits per heavy atom. The van der Waals surface area contributed by atoms with Crippen LogP contribution < -0.4 is 5.56 Å². The number of aliphatic hydroxyl groups is 1. The van der Waals surface area contributed by atoms with Gasteiger partial charge >= 0.3 is 6.18 Å². The van der Waals surface area contributed by atoms with Crippen LogP contribution in [0, 0.1) is 13.8 Å². The van der Waals surface area contributed by atoms with Crippen LogP contribution in [0.5, 0.6) is 0 Å². The molecule has 4 aromatic rings. The molecule has 204 valence electrons. The Labute approximate surface area is 231 Å². The molecule has 0 bridgehead atoms. The van der Waals surface area contributed by atoms with Gasteiger partial charge in [-0.25, -0.2) is 15.0 Å². The number of hydrogen-bond donors (Lipinski definition) is 1. The molecular weight excluding hydrogens is 551 g/mol. The van der Waals surface area contributed by atoms with Gasteiger partial charge in [-0.1, -0.05) is 11.6 Å². The van der Waals surface area contributed by atoms with Crippen molar-refractivity contribution in [3.8, 4) is 17.1 Å². The van der Waals surface area contributed by atoms with Gasteiger partial charge in [-0.05, 0) is 75.8 Å². The molecule has 0 aliphatic heterocycles. The second kappa shape index (κ2) is 9.79. The van der Waals surface area contributed by atoms with Crippen molar-refractivity contribution < 1.29 is 18.3 Å². The summed E-state index contributed by atoms with van der Waals surface area (Å²) in [7, 11) is 0. The zero-order valence-corrected chi connectivity index (χ0v) is 23.1. The highest BCUT2D eigenvalue weighted by Gasteiger charge is 2.40. The summed E-state index contributed by atoms with van der Waals surface area (Å²) in [6.45, 7) is 6.79. The minimum Gasteiger partial charge on any atom is -0.382 e. The Morgan fingerprint density at radius 1 is 1.05 bits per heavy atom. The fourth-order valence-corrected chi connectivity index (χ4v) is 6.06. The number of aryl methyl sites for hydroxylation is 2. The smallest absolute Gasteiger partial charge is 0.382 e. The second-order valence-corrected chi connectivity index (χ2v) is 11.7. The van der Waals surface area contributed by atoms with Crippen molar-refractivity contribution in [3.63, 3.8) is 0 Å². The summed E-state index contributed by atoms with van der Waals surface area (Å²) in [6.07, 6.45) is 1.37. The van der Waals surface area contributed by atoms with Crippen molar-refractivity contribution in [2.24, 2.45) is 0 Å². The number of halogens is 4. The molecule has 1 N–H and O–H groups in total. The summed E-state index contributed by atoms with van der Waals surface area (Å²) in [5.41, 5.74) is 1.87. The predicted molar refractivity (Wildman–Crippen MR) is 142 cm³/mol. The minimum atomic E-state index is -4.49. The molecule has 0 unspecified atom stereocenters. The standard InChI is InChI=1S/C27H25ClF3N5O2S/c1-13-11-33-19(18-7-8-32-24(35-18)26(3,4)38)10-20(13)36-14(2)9-17(22(28)23(36)37)15-5-6-16(15)21-12-34-25(39-21)27(29,30)31/h7-12,15-16,38H,5-6H2,1-4H3/t15-,16-/m1/s1. The van der Waals surface area contributed by atoms with Crippen LogP contribution in [0.25, 0.3) is 17.1 Å². The molecule has 4 aromatic heterocycles. The van der Waals surface area contributed by atoms with Gasteiger partial charge in [-0.2, -0.15) is 13.2 Å². The molecule has 0 radical (unpaired) electrons. The van der Waals surface area contributed by atoms with Crippen molar-refractivity contribution >= 4 is 22.9 Å². The van der Waals surface area contributed by atoms with Crippen molar-refractivity contribution in [2.45, 2.75) is 64.1 Å². The van der Waals surface area contributed by atoms with Crippen molar-refractivity contribution in [1.82, 2.24) is 24.5 Å². The summed E-state index contributed by atoms with van der Waals surface area (Å²) >= 11 is 7.29. The van der Waals surface area contributed by atoms with E-state index < -0.39 is 22.3 Å². The average Bonchev–Trinajstić information content (AvgIpc) is 3.32. The van der Waals surface area contributed by atoms with Crippen LogP contribution in [0.15, 0.2) is 41.6 Å². The maximum Gasteiger partial charge on any atom is 0.443 e. The molecule has 7 nitrogen and oxygen atoms in total. The third kappa shape index (κ3) is 5.10. The summed E-state index contributed by atoms with van der Waals surface area (Å²) in [6, 6.07) is 5.24. The number of aromatic nitrogens is 5. The number of thiazole rings is 1. The number of alkyl halides is 3. The van der Waals surface area contributed by atoms with Crippen LogP contribution in [-0.4, -0.2) is 29.6 Å². The van der Waals surface area contributed by atoms with Crippen LogP contribution in [0.4, 0.5) is 13.2 Å². The first-order valence-corrected chi connectivity index (χ1v) is 13.4. The van der Waals surface area contributed by atoms with E-state index in [1.807, 2.05) is 13.0 Å². The highest BCUT2D eigenvalue weighted by Crippen LogP contribution is 2.52. The molecule has 1 fully saturated rings. The first-order chi connectivity index (χ1) is 18.3. The number of hydrogen-bond acceptors (Lipinski definition) is 7. The second-order valence-electron chi connectivity index (χ2n) is 10.2. The average molecular weight is 576 g/mol. The molecule has 1 saturated carbocycles. The van der Waals surface area contributed by atoms with Gasteiger partial charge in [0.2, 0.25) is 0 Å². The highest BCUT2D eigenvalue weighted by atomic mass is 35.5. The molecule has 0 spiro atoms. The molecule has 2 atom stereocenters. The van der Waals surface area contributed by atoms with E-state index in [9.17, 15) is 23.1 Å². The molecule has 12 heteroatoms. The van der Waals surface area contributed by atoms with Gasteiger partial charge in [-0.3, -0.25) is 14.3 Å². The zero-order chi connectivity index (χ0) is 28.3. The van der Waals surface area contributed by atoms with Gasteiger partial charge in [0, 0.05) is 35.1 Å². The van der Waals surface area contributed by atoms with E-state index in [1.54, 1.807) is 39.1 Å². The number of rotatable bonds is 5. The van der Waals surface area contributed by atoms with Gasteiger partial charge < -0.3 is 5.11 Å². The van der Waals surface area contributed by atoms with Crippen molar-refractivity contribution in [1.29, 1.82) is 0 Å². The normalized spacial score (nSPS) is 17.8. The van der Waals surface area contributed by atoms with Crippen LogP contribution >= 0.6 is 22.9 Å². The van der Waals surface area contributed by atoms with Crippen LogP contribution in [-0.2, 0) is 11.8 Å². The molecule has 4 heterocycles. The van der Waals surface area contributed by atoms with E-state index in [2.05, 4.69) is 19.9 Å². The summed E-state index contributed by atoms with van der Waals surface area (Å²) in [4.78, 5) is 30.8. The first kappa shape index (κ1) is 27.4. The monoisotopic (exact) mass is 575 g/mol. The van der Waals surface area contributed by atoms with Crippen LogP contribution in [0.2, 0.25) is 5.02 Å². The van der Waals surface area contributed by atoms with Crippen LogP contribution in [0.1, 0.15) is 71.1 Å². The largest absolute Gasteiger partial charge is 0.443 e. The molecule has 39 heavy (non-hydrogen) atoms. The van der Waals surface area contributed by atoms with Crippen molar-refractivity contribution in [3.05, 3.63) is 84.7 Å². The van der Waals surface area contributed by atoms with Gasteiger partial charge in [0.25, 0.3) is 5.56 Å². The van der Waals surface area contributed by atoms with E-state index in [1.165, 1.54) is 17.0 Å². The Balaban J connectivity index is 1.53. The summed E-state index contributed by atoms with van der Waals surface area (Å²) < 4.78 is 40.8. The van der Waals surface area contributed by atoms with E-state index in [0.717, 1.165) is 5.56 Å². The molecular formula is C27H25ClF3N5O2S. The molecule has 5 rings (SSSR count). The van der Waals surface area contributed by atoms with Gasteiger partial charge in [0.05, 0.1) is 17.1 Å². The summed E-state index contributed by atoms with van der Waals surface area (Å²) in [5.74, 6) is -0.110. The Bertz CT molecular complexity index is 1630. The van der Waals surface area contributed by atoms with E-state index in [0.29, 0.717) is 57.4 Å². The SMILES string of the molecule is Cc1cnc(-c2ccnc(C(C)(C)O)n2)cc1-n1c(C)cc([C@@H]2CC[C@H]2c2cnc(C(F)(F)F)s2)c(Cl)c1=O. The predicted octanol–water partition coefficient (Wildman–Crippen LogP) is 6.32. The highest BCUT2D eigenvalue weighted by molar-refractivity contribution is 7.11. The minimum absolute atomic E-state index is 0.0416. The lowest BCUT2D eigenvalue weighted by molar-refractivity contribution is -0.137. The van der Waals surface area contributed by atoms with E-state index >= 15 is 0 Å². The number of nitrogens with zero attached hydrogens (tertiary/aromatic N) is 5. The first-order valence-electron chi connectivity index (χ1n) is 12.2. The molecule has 0 amide bonds. The van der Waals surface area contributed by atoms with Crippen LogP contribution in [0.3, 0.4) is 0 Å². The summed E-state index contributed by atoms with van der Waals surface area (Å²) in [5, 5.41) is 9.48. The maximum atomic E-state index is 13.6. The topological polar surface area (TPSA) is 93.8 Å². The Kier molecular flexibility index (Phi) is 6.89. The van der Waals surface area contributed by atoms with Gasteiger partial charge in [0.15, 0.2) is 10.8 Å². The lowest BCUT2D eigenvalue weighted by Crippen LogP contribution is -2.28. The Hall–Kier alpha value is -3.15. The zero-order valence-electron chi connectivity index (χ0n) is 21.5.